The molecule has 0 aliphatic carbocycles. The van der Waals surface area contributed by atoms with Gasteiger partial charge in [-0.15, -0.1) is 0 Å². The van der Waals surface area contributed by atoms with Gasteiger partial charge in [-0.25, -0.2) is 0 Å². The first-order valence-corrected chi connectivity index (χ1v) is 10.6. The van der Waals surface area contributed by atoms with Gasteiger partial charge in [-0.1, -0.05) is 49.6 Å². The lowest BCUT2D eigenvalue weighted by Gasteiger charge is -2.36. The van der Waals surface area contributed by atoms with Crippen molar-refractivity contribution in [1.29, 1.82) is 0 Å². The molecule has 152 valence electrons. The predicted molar refractivity (Wildman–Crippen MR) is 116 cm³/mol. The molecule has 0 unspecified atom stereocenters. The van der Waals surface area contributed by atoms with E-state index in [0.29, 0.717) is 0 Å². The fraction of sp³-hybridized carbons (Fsp3) is 0.682. The number of benzene rings is 1. The SMILES string of the molecule is CN=C(NCCCCCCCN(C)C)N1CCN(Cc2ccccc2)CC1. The largest absolute Gasteiger partial charge is 0.356 e. The van der Waals surface area contributed by atoms with Gasteiger partial charge in [0.2, 0.25) is 0 Å². The minimum Gasteiger partial charge on any atom is -0.356 e. The van der Waals surface area contributed by atoms with Gasteiger partial charge in [0.1, 0.15) is 0 Å². The Morgan fingerprint density at radius 2 is 1.63 bits per heavy atom. The molecule has 1 aromatic rings. The van der Waals surface area contributed by atoms with Crippen LogP contribution < -0.4 is 5.32 Å². The van der Waals surface area contributed by atoms with E-state index in [1.54, 1.807) is 0 Å². The highest BCUT2D eigenvalue weighted by molar-refractivity contribution is 5.79. The van der Waals surface area contributed by atoms with Crippen molar-refractivity contribution in [3.8, 4) is 0 Å². The summed E-state index contributed by atoms with van der Waals surface area (Å²) >= 11 is 0. The Bertz CT molecular complexity index is 521. The Balaban J connectivity index is 1.57. The highest BCUT2D eigenvalue weighted by Gasteiger charge is 2.19. The Morgan fingerprint density at radius 1 is 0.963 bits per heavy atom. The van der Waals surface area contributed by atoms with Gasteiger partial charge in [0.05, 0.1) is 0 Å². The van der Waals surface area contributed by atoms with Crippen molar-refractivity contribution in [2.24, 2.45) is 4.99 Å². The zero-order chi connectivity index (χ0) is 19.3. The average molecular weight is 374 g/mol. The van der Waals surface area contributed by atoms with Crippen molar-refractivity contribution in [3.63, 3.8) is 0 Å². The number of hydrogen-bond acceptors (Lipinski definition) is 3. The summed E-state index contributed by atoms with van der Waals surface area (Å²) in [7, 11) is 6.20. The third-order valence-electron chi connectivity index (χ3n) is 5.20. The summed E-state index contributed by atoms with van der Waals surface area (Å²) in [4.78, 5) is 11.7. The average Bonchev–Trinajstić information content (AvgIpc) is 2.68. The zero-order valence-corrected chi connectivity index (χ0v) is 17.7. The summed E-state index contributed by atoms with van der Waals surface area (Å²) in [6.45, 7) is 7.59. The molecule has 5 nitrogen and oxygen atoms in total. The molecule has 5 heteroatoms. The molecule has 1 fully saturated rings. The molecule has 0 atom stereocenters. The molecule has 1 aliphatic heterocycles. The van der Waals surface area contributed by atoms with E-state index in [1.165, 1.54) is 44.2 Å². The molecular formula is C22H39N5. The quantitative estimate of drug-likeness (QED) is 0.388. The van der Waals surface area contributed by atoms with Crippen LogP contribution in [0.1, 0.15) is 37.7 Å². The van der Waals surface area contributed by atoms with Crippen molar-refractivity contribution in [3.05, 3.63) is 35.9 Å². The third kappa shape index (κ3) is 8.76. The van der Waals surface area contributed by atoms with Crippen LogP contribution in [-0.2, 0) is 6.54 Å². The monoisotopic (exact) mass is 373 g/mol. The second-order valence-electron chi connectivity index (χ2n) is 7.79. The standard InChI is InChI=1S/C22H39N5/c1-23-22(24-14-10-5-4-6-11-15-25(2)3)27-18-16-26(17-19-27)20-21-12-8-7-9-13-21/h7-9,12-13H,4-6,10-11,14-20H2,1-3H3,(H,23,24). The normalized spacial score (nSPS) is 16.1. The van der Waals surface area contributed by atoms with Gasteiger partial charge in [0.15, 0.2) is 5.96 Å². The van der Waals surface area contributed by atoms with E-state index < -0.39 is 0 Å². The molecule has 0 radical (unpaired) electrons. The number of aliphatic imine (C=N–C) groups is 1. The van der Waals surface area contributed by atoms with Crippen molar-refractivity contribution in [1.82, 2.24) is 20.0 Å². The molecule has 1 N–H and O–H groups in total. The maximum Gasteiger partial charge on any atom is 0.193 e. The van der Waals surface area contributed by atoms with Crippen LogP contribution in [0.25, 0.3) is 0 Å². The molecule has 0 aromatic heterocycles. The fourth-order valence-electron chi connectivity index (χ4n) is 3.58. The zero-order valence-electron chi connectivity index (χ0n) is 17.7. The second kappa shape index (κ2) is 12.7. The van der Waals surface area contributed by atoms with Crippen LogP contribution in [0.3, 0.4) is 0 Å². The maximum absolute atomic E-state index is 4.49. The van der Waals surface area contributed by atoms with Crippen LogP contribution in [0, 0.1) is 0 Å². The van der Waals surface area contributed by atoms with Gasteiger partial charge in [0, 0.05) is 46.3 Å². The molecular weight excluding hydrogens is 334 g/mol. The van der Waals surface area contributed by atoms with Crippen LogP contribution in [0.15, 0.2) is 35.3 Å². The number of rotatable bonds is 10. The van der Waals surface area contributed by atoms with Crippen LogP contribution in [0.5, 0.6) is 0 Å². The molecule has 0 spiro atoms. The van der Waals surface area contributed by atoms with Crippen LogP contribution in [0.4, 0.5) is 0 Å². The van der Waals surface area contributed by atoms with E-state index in [1.807, 2.05) is 7.05 Å². The Kier molecular flexibility index (Phi) is 10.2. The van der Waals surface area contributed by atoms with Crippen molar-refractivity contribution in [2.75, 3.05) is 60.4 Å². The molecule has 1 aliphatic rings. The molecule has 0 amide bonds. The van der Waals surface area contributed by atoms with Gasteiger partial charge in [0.25, 0.3) is 0 Å². The van der Waals surface area contributed by atoms with Crippen LogP contribution in [-0.4, -0.2) is 81.1 Å². The highest BCUT2D eigenvalue weighted by Crippen LogP contribution is 2.09. The van der Waals surface area contributed by atoms with Gasteiger partial charge in [-0.2, -0.15) is 0 Å². The number of hydrogen-bond donors (Lipinski definition) is 1. The number of nitrogens with one attached hydrogen (secondary N) is 1. The Hall–Kier alpha value is -1.59. The smallest absolute Gasteiger partial charge is 0.193 e. The molecule has 1 heterocycles. The minimum atomic E-state index is 1.03. The third-order valence-corrected chi connectivity index (χ3v) is 5.20. The second-order valence-corrected chi connectivity index (χ2v) is 7.79. The number of guanidine groups is 1. The first kappa shape index (κ1) is 21.7. The Morgan fingerprint density at radius 3 is 2.30 bits per heavy atom. The highest BCUT2D eigenvalue weighted by atomic mass is 15.3. The van der Waals surface area contributed by atoms with Gasteiger partial charge in [-0.3, -0.25) is 9.89 Å². The predicted octanol–water partition coefficient (Wildman–Crippen LogP) is 2.89. The molecule has 0 bridgehead atoms. The molecule has 0 saturated carbocycles. The summed E-state index contributed by atoms with van der Waals surface area (Å²) in [5.74, 6) is 1.07. The van der Waals surface area contributed by atoms with E-state index in [4.69, 9.17) is 0 Å². The van der Waals surface area contributed by atoms with Crippen LogP contribution >= 0.6 is 0 Å². The maximum atomic E-state index is 4.49. The summed E-state index contributed by atoms with van der Waals surface area (Å²) in [6.07, 6.45) is 6.54. The lowest BCUT2D eigenvalue weighted by molar-refractivity contribution is 0.172. The van der Waals surface area contributed by atoms with E-state index in [9.17, 15) is 0 Å². The summed E-state index contributed by atoms with van der Waals surface area (Å²) < 4.78 is 0. The molecule has 1 saturated heterocycles. The van der Waals surface area contributed by atoms with Crippen molar-refractivity contribution in [2.45, 2.75) is 38.6 Å². The van der Waals surface area contributed by atoms with E-state index in [2.05, 4.69) is 69.4 Å². The van der Waals surface area contributed by atoms with Crippen molar-refractivity contribution >= 4 is 5.96 Å². The van der Waals surface area contributed by atoms with E-state index in [0.717, 1.165) is 45.2 Å². The first-order chi connectivity index (χ1) is 13.2. The van der Waals surface area contributed by atoms with Crippen LogP contribution in [0.2, 0.25) is 0 Å². The van der Waals surface area contributed by atoms with E-state index >= 15 is 0 Å². The number of nitrogens with zero attached hydrogens (tertiary/aromatic N) is 4. The molecule has 1 aromatic carbocycles. The first-order valence-electron chi connectivity index (χ1n) is 10.6. The number of piperazine rings is 1. The summed E-state index contributed by atoms with van der Waals surface area (Å²) in [5.41, 5.74) is 1.40. The topological polar surface area (TPSA) is 34.1 Å². The number of unbranched alkanes of at least 4 members (excludes halogenated alkanes) is 4. The molecule has 2 rings (SSSR count). The van der Waals surface area contributed by atoms with Gasteiger partial charge < -0.3 is 15.1 Å². The minimum absolute atomic E-state index is 1.03. The Labute approximate surface area is 166 Å². The summed E-state index contributed by atoms with van der Waals surface area (Å²) in [6, 6.07) is 10.8. The summed E-state index contributed by atoms with van der Waals surface area (Å²) in [5, 5.41) is 3.56. The fourth-order valence-corrected chi connectivity index (χ4v) is 3.58. The van der Waals surface area contributed by atoms with Crippen molar-refractivity contribution < 1.29 is 0 Å². The lowest BCUT2D eigenvalue weighted by atomic mass is 10.1. The van der Waals surface area contributed by atoms with Gasteiger partial charge in [-0.05, 0) is 39.0 Å². The molecule has 27 heavy (non-hydrogen) atoms. The lowest BCUT2D eigenvalue weighted by Crippen LogP contribution is -2.52. The van der Waals surface area contributed by atoms with E-state index in [-0.39, 0.29) is 0 Å². The van der Waals surface area contributed by atoms with Gasteiger partial charge >= 0.3 is 0 Å².